The van der Waals surface area contributed by atoms with Crippen molar-refractivity contribution >= 4 is 0 Å². The van der Waals surface area contributed by atoms with E-state index in [1.807, 2.05) is 0 Å². The van der Waals surface area contributed by atoms with Crippen molar-refractivity contribution in [3.05, 3.63) is 0 Å². The summed E-state index contributed by atoms with van der Waals surface area (Å²) < 4.78 is 0. The zero-order valence-electron chi connectivity index (χ0n) is 11.3. The van der Waals surface area contributed by atoms with Crippen LogP contribution in [0.3, 0.4) is 0 Å². The Morgan fingerprint density at radius 2 is 2.00 bits per heavy atom. The highest BCUT2D eigenvalue weighted by Gasteiger charge is 2.44. The quantitative estimate of drug-likeness (QED) is 0.717. The highest BCUT2D eigenvalue weighted by Crippen LogP contribution is 2.51. The van der Waals surface area contributed by atoms with Crippen LogP contribution in [0.1, 0.15) is 53.4 Å². The van der Waals surface area contributed by atoms with Gasteiger partial charge in [0.05, 0.1) is 6.07 Å². The normalized spacial score (nSPS) is 18.5. The van der Waals surface area contributed by atoms with Crippen LogP contribution in [0.15, 0.2) is 0 Å². The first-order valence-corrected chi connectivity index (χ1v) is 6.50. The topological polar surface area (TPSA) is 35.8 Å². The van der Waals surface area contributed by atoms with Gasteiger partial charge in [0, 0.05) is 19.5 Å². The van der Waals surface area contributed by atoms with Gasteiger partial charge < -0.3 is 5.32 Å². The predicted octanol–water partition coefficient (Wildman–Crippen LogP) is 3.34. The molecule has 0 bridgehead atoms. The first-order valence-electron chi connectivity index (χ1n) is 6.50. The maximum atomic E-state index is 8.60. The van der Waals surface area contributed by atoms with E-state index in [1.165, 1.54) is 12.8 Å². The van der Waals surface area contributed by atoms with Gasteiger partial charge in [0.15, 0.2) is 0 Å². The second-order valence-corrected chi connectivity index (χ2v) is 6.44. The summed E-state index contributed by atoms with van der Waals surface area (Å²) in [5.41, 5.74) is 0.841. The van der Waals surface area contributed by atoms with Crippen molar-refractivity contribution in [1.82, 2.24) is 5.32 Å². The number of nitriles is 1. The Kier molecular flexibility index (Phi) is 4.38. The summed E-state index contributed by atoms with van der Waals surface area (Å²) in [5, 5.41) is 12.2. The molecule has 2 heteroatoms. The zero-order chi connectivity index (χ0) is 12.2. The third-order valence-corrected chi connectivity index (χ3v) is 4.11. The fraction of sp³-hybridized carbons (Fsp3) is 0.929. The van der Waals surface area contributed by atoms with Gasteiger partial charge in [-0.2, -0.15) is 5.26 Å². The van der Waals surface area contributed by atoms with Gasteiger partial charge in [-0.25, -0.2) is 0 Å². The minimum atomic E-state index is 0.253. The van der Waals surface area contributed by atoms with Crippen molar-refractivity contribution in [2.24, 2.45) is 16.7 Å². The molecule has 2 nitrogen and oxygen atoms in total. The lowest BCUT2D eigenvalue weighted by molar-refractivity contribution is 0.278. The fourth-order valence-electron chi connectivity index (χ4n) is 2.25. The van der Waals surface area contributed by atoms with Crippen molar-refractivity contribution in [2.45, 2.75) is 53.4 Å². The molecule has 1 aliphatic carbocycles. The molecular weight excluding hydrogens is 196 g/mol. The molecule has 1 aliphatic rings. The van der Waals surface area contributed by atoms with Crippen molar-refractivity contribution in [2.75, 3.05) is 13.1 Å². The first-order chi connectivity index (χ1) is 7.42. The van der Waals surface area contributed by atoms with Gasteiger partial charge >= 0.3 is 0 Å². The van der Waals surface area contributed by atoms with Crippen LogP contribution in [0, 0.1) is 28.1 Å². The molecule has 92 valence electrons. The van der Waals surface area contributed by atoms with Gasteiger partial charge in [-0.15, -0.1) is 0 Å². The van der Waals surface area contributed by atoms with E-state index in [4.69, 9.17) is 5.26 Å². The molecule has 0 heterocycles. The standard InChI is InChI=1S/C14H26N2/c1-12(2)14(7-8-14)11-16-10-13(3,4)6-5-9-15/h12,16H,5-8,10-11H2,1-4H3. The molecule has 0 aromatic rings. The maximum absolute atomic E-state index is 8.60. The van der Waals surface area contributed by atoms with Crippen molar-refractivity contribution < 1.29 is 0 Å². The van der Waals surface area contributed by atoms with Gasteiger partial charge in [0.1, 0.15) is 0 Å². The summed E-state index contributed by atoms with van der Waals surface area (Å²) in [5.74, 6) is 0.794. The maximum Gasteiger partial charge on any atom is 0.0621 e. The third-order valence-electron chi connectivity index (χ3n) is 4.11. The smallest absolute Gasteiger partial charge is 0.0621 e. The highest BCUT2D eigenvalue weighted by atomic mass is 14.9. The monoisotopic (exact) mass is 222 g/mol. The summed E-state index contributed by atoms with van der Waals surface area (Å²) in [4.78, 5) is 0. The van der Waals surface area contributed by atoms with E-state index >= 15 is 0 Å². The molecule has 1 N–H and O–H groups in total. The van der Waals surface area contributed by atoms with Crippen LogP contribution >= 0.6 is 0 Å². The lowest BCUT2D eigenvalue weighted by Gasteiger charge is -2.27. The van der Waals surface area contributed by atoms with Crippen LogP contribution in [-0.2, 0) is 0 Å². The number of hydrogen-bond acceptors (Lipinski definition) is 2. The summed E-state index contributed by atoms with van der Waals surface area (Å²) >= 11 is 0. The average molecular weight is 222 g/mol. The summed E-state index contributed by atoms with van der Waals surface area (Å²) in [7, 11) is 0. The average Bonchev–Trinajstić information content (AvgIpc) is 2.96. The van der Waals surface area contributed by atoms with Gasteiger partial charge in [-0.05, 0) is 36.0 Å². The van der Waals surface area contributed by atoms with Crippen LogP contribution in [0.5, 0.6) is 0 Å². The third kappa shape index (κ3) is 3.79. The molecular formula is C14H26N2. The highest BCUT2D eigenvalue weighted by molar-refractivity contribution is 4.97. The molecule has 1 saturated carbocycles. The van der Waals surface area contributed by atoms with Crippen molar-refractivity contribution in [3.8, 4) is 6.07 Å². The number of rotatable bonds is 7. The lowest BCUT2D eigenvalue weighted by atomic mass is 9.87. The number of nitrogens with one attached hydrogen (secondary N) is 1. The Morgan fingerprint density at radius 3 is 2.44 bits per heavy atom. The van der Waals surface area contributed by atoms with E-state index in [0.717, 1.165) is 25.4 Å². The Hall–Kier alpha value is -0.550. The van der Waals surface area contributed by atoms with Crippen molar-refractivity contribution in [1.29, 1.82) is 5.26 Å². The Balaban J connectivity index is 2.22. The first kappa shape index (κ1) is 13.5. The predicted molar refractivity (Wildman–Crippen MR) is 68.0 cm³/mol. The van der Waals surface area contributed by atoms with Crippen LogP contribution in [0.2, 0.25) is 0 Å². The van der Waals surface area contributed by atoms with Crippen LogP contribution < -0.4 is 5.32 Å². The Labute approximate surface area is 100 Å². The molecule has 0 amide bonds. The number of hydrogen-bond donors (Lipinski definition) is 1. The van der Waals surface area contributed by atoms with Crippen molar-refractivity contribution in [3.63, 3.8) is 0 Å². The summed E-state index contributed by atoms with van der Waals surface area (Å²) in [6.07, 6.45) is 4.43. The van der Waals surface area contributed by atoms with E-state index in [-0.39, 0.29) is 5.41 Å². The summed E-state index contributed by atoms with van der Waals surface area (Å²) in [6.45, 7) is 11.3. The Bertz CT molecular complexity index is 256. The fourth-order valence-corrected chi connectivity index (χ4v) is 2.25. The molecule has 0 saturated heterocycles. The van der Waals surface area contributed by atoms with E-state index in [9.17, 15) is 0 Å². The second-order valence-electron chi connectivity index (χ2n) is 6.44. The molecule has 0 aliphatic heterocycles. The molecule has 0 unspecified atom stereocenters. The molecule has 0 spiro atoms. The zero-order valence-corrected chi connectivity index (χ0v) is 11.3. The minimum Gasteiger partial charge on any atom is -0.316 e. The van der Waals surface area contributed by atoms with Gasteiger partial charge in [-0.1, -0.05) is 27.7 Å². The van der Waals surface area contributed by atoms with E-state index in [2.05, 4.69) is 39.1 Å². The minimum absolute atomic E-state index is 0.253. The van der Waals surface area contributed by atoms with Gasteiger partial charge in [0.2, 0.25) is 0 Å². The molecule has 16 heavy (non-hydrogen) atoms. The Morgan fingerprint density at radius 1 is 1.38 bits per heavy atom. The van der Waals surface area contributed by atoms with E-state index in [0.29, 0.717) is 11.8 Å². The van der Waals surface area contributed by atoms with Gasteiger partial charge in [0.25, 0.3) is 0 Å². The molecule has 0 aromatic carbocycles. The second kappa shape index (κ2) is 5.19. The van der Waals surface area contributed by atoms with Crippen LogP contribution in [0.25, 0.3) is 0 Å². The lowest BCUT2D eigenvalue weighted by Crippen LogP contribution is -2.35. The van der Waals surface area contributed by atoms with Crippen LogP contribution in [-0.4, -0.2) is 13.1 Å². The number of nitrogens with zero attached hydrogens (tertiary/aromatic N) is 1. The molecule has 0 radical (unpaired) electrons. The molecule has 0 atom stereocenters. The largest absolute Gasteiger partial charge is 0.316 e. The van der Waals surface area contributed by atoms with Crippen LogP contribution in [0.4, 0.5) is 0 Å². The SMILES string of the molecule is CC(C)C1(CNCC(C)(C)CCC#N)CC1. The van der Waals surface area contributed by atoms with E-state index < -0.39 is 0 Å². The molecule has 0 aromatic heterocycles. The van der Waals surface area contributed by atoms with E-state index in [1.54, 1.807) is 0 Å². The molecule has 1 fully saturated rings. The molecule has 1 rings (SSSR count). The summed E-state index contributed by atoms with van der Waals surface area (Å²) in [6, 6.07) is 2.23. The van der Waals surface area contributed by atoms with Gasteiger partial charge in [-0.3, -0.25) is 0 Å².